The highest BCUT2D eigenvalue weighted by Gasteiger charge is 2.27. The molecule has 1 nitrogen and oxygen atoms in total. The van der Waals surface area contributed by atoms with E-state index in [0.717, 1.165) is 29.9 Å². The van der Waals surface area contributed by atoms with E-state index in [4.69, 9.17) is 0 Å². The van der Waals surface area contributed by atoms with Gasteiger partial charge in [0.25, 0.3) is 0 Å². The second-order valence-corrected chi connectivity index (χ2v) is 6.24. The van der Waals surface area contributed by atoms with Crippen LogP contribution in [0.2, 0.25) is 0 Å². The van der Waals surface area contributed by atoms with Gasteiger partial charge in [-0.05, 0) is 75.1 Å². The van der Waals surface area contributed by atoms with Crippen LogP contribution in [0, 0.1) is 32.6 Å². The third-order valence-corrected chi connectivity index (χ3v) is 4.90. The first kappa shape index (κ1) is 14.3. The Morgan fingerprint density at radius 2 is 1.58 bits per heavy atom. The second-order valence-electron chi connectivity index (χ2n) is 6.24. The smallest absolute Gasteiger partial charge is 0.166 e. The highest BCUT2D eigenvalue weighted by molar-refractivity contribution is 5.99. The molecule has 1 aromatic rings. The molecule has 0 aromatic heterocycles. The maximum absolute atomic E-state index is 12.7. The molecule has 0 radical (unpaired) electrons. The van der Waals surface area contributed by atoms with Crippen molar-refractivity contribution in [2.75, 3.05) is 0 Å². The molecule has 0 heterocycles. The molecule has 0 unspecified atom stereocenters. The second kappa shape index (κ2) is 5.90. The maximum atomic E-state index is 12.7. The van der Waals surface area contributed by atoms with Gasteiger partial charge in [0.05, 0.1) is 0 Å². The number of ketones is 1. The predicted molar refractivity (Wildman–Crippen MR) is 80.7 cm³/mol. The molecule has 0 amide bonds. The monoisotopic (exact) mass is 258 g/mol. The number of rotatable bonds is 3. The standard InChI is InChI=1S/C18H26O/c1-5-15-6-8-16(9-7-15)18(19)17-11-13(3)12(2)10-14(17)4/h10-11,15-16H,5-9H2,1-4H3. The van der Waals surface area contributed by atoms with Gasteiger partial charge < -0.3 is 0 Å². The van der Waals surface area contributed by atoms with E-state index >= 15 is 0 Å². The third-order valence-electron chi connectivity index (χ3n) is 4.90. The van der Waals surface area contributed by atoms with Gasteiger partial charge in [0.2, 0.25) is 0 Å². The van der Waals surface area contributed by atoms with E-state index in [1.54, 1.807) is 0 Å². The largest absolute Gasteiger partial charge is 0.294 e. The number of benzene rings is 1. The van der Waals surface area contributed by atoms with Crippen LogP contribution in [0.25, 0.3) is 0 Å². The molecule has 0 bridgehead atoms. The van der Waals surface area contributed by atoms with Gasteiger partial charge >= 0.3 is 0 Å². The van der Waals surface area contributed by atoms with Crippen molar-refractivity contribution in [2.45, 2.75) is 59.8 Å². The minimum atomic E-state index is 0.267. The van der Waals surface area contributed by atoms with Crippen LogP contribution in [0.5, 0.6) is 0 Å². The number of hydrogen-bond donors (Lipinski definition) is 0. The van der Waals surface area contributed by atoms with Crippen molar-refractivity contribution in [3.63, 3.8) is 0 Å². The summed E-state index contributed by atoms with van der Waals surface area (Å²) in [7, 11) is 0. The molecule has 0 N–H and O–H groups in total. The van der Waals surface area contributed by atoms with E-state index in [1.165, 1.54) is 30.4 Å². The molecule has 1 aromatic carbocycles. The molecule has 0 aliphatic heterocycles. The molecular formula is C18H26O. The summed E-state index contributed by atoms with van der Waals surface area (Å²) in [5, 5.41) is 0. The van der Waals surface area contributed by atoms with Gasteiger partial charge in [-0.2, -0.15) is 0 Å². The Hall–Kier alpha value is -1.11. The molecule has 104 valence electrons. The summed E-state index contributed by atoms with van der Waals surface area (Å²) in [6.07, 6.45) is 5.91. The minimum absolute atomic E-state index is 0.267. The molecule has 0 spiro atoms. The topological polar surface area (TPSA) is 17.1 Å². The lowest BCUT2D eigenvalue weighted by molar-refractivity contribution is 0.0870. The SMILES string of the molecule is CCC1CCC(C(=O)c2cc(C)c(C)cc2C)CC1. The van der Waals surface area contributed by atoms with Gasteiger partial charge in [0.1, 0.15) is 0 Å². The van der Waals surface area contributed by atoms with Crippen molar-refractivity contribution in [2.24, 2.45) is 11.8 Å². The summed E-state index contributed by atoms with van der Waals surface area (Å²) >= 11 is 0. The van der Waals surface area contributed by atoms with E-state index in [1.807, 2.05) is 0 Å². The molecule has 19 heavy (non-hydrogen) atoms. The molecular weight excluding hydrogens is 232 g/mol. The lowest BCUT2D eigenvalue weighted by Crippen LogP contribution is -2.22. The molecule has 1 aliphatic rings. The van der Waals surface area contributed by atoms with E-state index < -0.39 is 0 Å². The quantitative estimate of drug-likeness (QED) is 0.696. The molecule has 1 fully saturated rings. The molecule has 1 saturated carbocycles. The summed E-state index contributed by atoms with van der Waals surface area (Å²) < 4.78 is 0. The van der Waals surface area contributed by atoms with Crippen LogP contribution in [0.4, 0.5) is 0 Å². The van der Waals surface area contributed by atoms with Crippen molar-refractivity contribution in [1.29, 1.82) is 0 Å². The van der Waals surface area contributed by atoms with E-state index in [2.05, 4.69) is 39.8 Å². The average Bonchev–Trinajstić information content (AvgIpc) is 2.42. The number of Topliss-reactive ketones (excluding diaryl/α,β-unsaturated/α-hetero) is 1. The van der Waals surface area contributed by atoms with Gasteiger partial charge in [0, 0.05) is 11.5 Å². The van der Waals surface area contributed by atoms with E-state index in [0.29, 0.717) is 5.78 Å². The summed E-state index contributed by atoms with van der Waals surface area (Å²) in [6.45, 7) is 8.54. The van der Waals surface area contributed by atoms with Crippen LogP contribution in [-0.4, -0.2) is 5.78 Å². The maximum Gasteiger partial charge on any atom is 0.166 e. The molecule has 0 saturated heterocycles. The zero-order valence-corrected chi connectivity index (χ0v) is 12.8. The summed E-state index contributed by atoms with van der Waals surface area (Å²) in [6, 6.07) is 4.25. The van der Waals surface area contributed by atoms with Gasteiger partial charge in [-0.25, -0.2) is 0 Å². The fourth-order valence-electron chi connectivity index (χ4n) is 3.28. The Morgan fingerprint density at radius 1 is 1.00 bits per heavy atom. The van der Waals surface area contributed by atoms with Crippen LogP contribution >= 0.6 is 0 Å². The van der Waals surface area contributed by atoms with Crippen molar-refractivity contribution in [1.82, 2.24) is 0 Å². The van der Waals surface area contributed by atoms with E-state index in [9.17, 15) is 4.79 Å². The fourth-order valence-corrected chi connectivity index (χ4v) is 3.28. The summed E-state index contributed by atoms with van der Waals surface area (Å²) in [4.78, 5) is 12.7. The Labute approximate surface area is 117 Å². The van der Waals surface area contributed by atoms with Crippen LogP contribution in [0.3, 0.4) is 0 Å². The zero-order valence-electron chi connectivity index (χ0n) is 12.8. The highest BCUT2D eigenvalue weighted by Crippen LogP contribution is 2.33. The predicted octanol–water partition coefficient (Wildman–Crippen LogP) is 5.01. The molecule has 0 atom stereocenters. The number of carbonyl (C=O) groups is 1. The highest BCUT2D eigenvalue weighted by atomic mass is 16.1. The average molecular weight is 258 g/mol. The van der Waals surface area contributed by atoms with Gasteiger partial charge in [-0.3, -0.25) is 4.79 Å². The van der Waals surface area contributed by atoms with Gasteiger partial charge in [-0.15, -0.1) is 0 Å². The van der Waals surface area contributed by atoms with Gasteiger partial charge in [-0.1, -0.05) is 19.4 Å². The third kappa shape index (κ3) is 3.08. The zero-order chi connectivity index (χ0) is 14.0. The first-order valence-corrected chi connectivity index (χ1v) is 7.65. The summed E-state index contributed by atoms with van der Waals surface area (Å²) in [5.41, 5.74) is 4.62. The fraction of sp³-hybridized carbons (Fsp3) is 0.611. The number of carbonyl (C=O) groups excluding carboxylic acids is 1. The van der Waals surface area contributed by atoms with Crippen LogP contribution in [0.1, 0.15) is 66.1 Å². The van der Waals surface area contributed by atoms with Crippen molar-refractivity contribution in [3.8, 4) is 0 Å². The Balaban J connectivity index is 2.14. The summed E-state index contributed by atoms with van der Waals surface area (Å²) in [5.74, 6) is 1.50. The minimum Gasteiger partial charge on any atom is -0.294 e. The Morgan fingerprint density at radius 3 is 2.16 bits per heavy atom. The van der Waals surface area contributed by atoms with Crippen molar-refractivity contribution >= 4 is 5.78 Å². The Kier molecular flexibility index (Phi) is 4.44. The Bertz CT molecular complexity index is 465. The van der Waals surface area contributed by atoms with Crippen LogP contribution < -0.4 is 0 Å². The van der Waals surface area contributed by atoms with Crippen LogP contribution in [0.15, 0.2) is 12.1 Å². The van der Waals surface area contributed by atoms with Crippen molar-refractivity contribution < 1.29 is 4.79 Å². The normalized spacial score (nSPS) is 23.4. The first-order chi connectivity index (χ1) is 9.02. The molecule has 2 rings (SSSR count). The lowest BCUT2D eigenvalue weighted by Gasteiger charge is -2.27. The van der Waals surface area contributed by atoms with E-state index in [-0.39, 0.29) is 5.92 Å². The number of aryl methyl sites for hydroxylation is 3. The number of hydrogen-bond acceptors (Lipinski definition) is 1. The molecule has 1 aliphatic carbocycles. The lowest BCUT2D eigenvalue weighted by atomic mass is 9.77. The van der Waals surface area contributed by atoms with Crippen LogP contribution in [-0.2, 0) is 0 Å². The molecule has 1 heteroatoms. The van der Waals surface area contributed by atoms with Crippen molar-refractivity contribution in [3.05, 3.63) is 34.4 Å². The van der Waals surface area contributed by atoms with Gasteiger partial charge in [0.15, 0.2) is 5.78 Å². The first-order valence-electron chi connectivity index (χ1n) is 7.65.